The highest BCUT2D eigenvalue weighted by Crippen LogP contribution is 2.20. The van der Waals surface area contributed by atoms with Gasteiger partial charge in [-0.25, -0.2) is 8.42 Å². The topological polar surface area (TPSA) is 75.3 Å². The van der Waals surface area contributed by atoms with Gasteiger partial charge in [0.15, 0.2) is 0 Å². The van der Waals surface area contributed by atoms with Crippen molar-refractivity contribution >= 4 is 45.0 Å². The molecule has 5 nitrogen and oxygen atoms in total. The summed E-state index contributed by atoms with van der Waals surface area (Å²) in [5, 5.41) is 3.32. The molecule has 2 N–H and O–H groups in total. The molecule has 0 fully saturated rings. The standard InChI is InChI=1S/C23H21ClN2O3S/c1-16-3-9-21(15-17(16)2)26-30(28,29)22-12-10-20(11-13-22)25-23(27)14-6-18-4-7-19(24)8-5-18/h3-15,26H,1-2H3,(H,25,27)/b14-6+. The Morgan fingerprint density at radius 2 is 1.50 bits per heavy atom. The van der Waals surface area contributed by atoms with Gasteiger partial charge < -0.3 is 5.32 Å². The van der Waals surface area contributed by atoms with Crippen LogP contribution in [0.5, 0.6) is 0 Å². The Balaban J connectivity index is 1.65. The first kappa shape index (κ1) is 21.6. The van der Waals surface area contributed by atoms with Crippen LogP contribution in [0.3, 0.4) is 0 Å². The zero-order chi connectivity index (χ0) is 21.7. The number of aryl methyl sites for hydroxylation is 2. The minimum absolute atomic E-state index is 0.107. The van der Waals surface area contributed by atoms with E-state index in [0.29, 0.717) is 16.4 Å². The SMILES string of the molecule is Cc1ccc(NS(=O)(=O)c2ccc(NC(=O)/C=C/c3ccc(Cl)cc3)cc2)cc1C. The molecule has 3 aromatic carbocycles. The van der Waals surface area contributed by atoms with E-state index < -0.39 is 10.0 Å². The fourth-order valence-electron chi connectivity index (χ4n) is 2.67. The molecule has 0 saturated heterocycles. The Hall–Kier alpha value is -3.09. The van der Waals surface area contributed by atoms with E-state index in [4.69, 9.17) is 11.6 Å². The number of anilines is 2. The van der Waals surface area contributed by atoms with Crippen molar-refractivity contribution in [3.05, 3.63) is 94.5 Å². The minimum Gasteiger partial charge on any atom is -0.323 e. The molecule has 3 rings (SSSR count). The van der Waals surface area contributed by atoms with Gasteiger partial charge in [-0.05, 0) is 85.1 Å². The Morgan fingerprint density at radius 1 is 0.867 bits per heavy atom. The van der Waals surface area contributed by atoms with Crippen molar-refractivity contribution in [1.82, 2.24) is 0 Å². The summed E-state index contributed by atoms with van der Waals surface area (Å²) in [7, 11) is -3.73. The number of hydrogen-bond donors (Lipinski definition) is 2. The molecule has 7 heteroatoms. The Labute approximate surface area is 181 Å². The normalized spacial score (nSPS) is 11.4. The van der Waals surface area contributed by atoms with Crippen LogP contribution >= 0.6 is 11.6 Å². The maximum absolute atomic E-state index is 12.6. The van der Waals surface area contributed by atoms with Crippen molar-refractivity contribution in [1.29, 1.82) is 0 Å². The number of sulfonamides is 1. The summed E-state index contributed by atoms with van der Waals surface area (Å²) in [6, 6.07) is 18.4. The molecular formula is C23H21ClN2O3S. The highest BCUT2D eigenvalue weighted by molar-refractivity contribution is 7.92. The molecular weight excluding hydrogens is 420 g/mol. The lowest BCUT2D eigenvalue weighted by Crippen LogP contribution is -2.13. The van der Waals surface area contributed by atoms with Crippen molar-refractivity contribution < 1.29 is 13.2 Å². The maximum Gasteiger partial charge on any atom is 0.261 e. The van der Waals surface area contributed by atoms with Crippen LogP contribution in [0, 0.1) is 13.8 Å². The minimum atomic E-state index is -3.73. The van der Waals surface area contributed by atoms with E-state index in [1.165, 1.54) is 18.2 Å². The number of hydrogen-bond acceptors (Lipinski definition) is 3. The van der Waals surface area contributed by atoms with Crippen LogP contribution in [-0.2, 0) is 14.8 Å². The first-order chi connectivity index (χ1) is 14.2. The molecule has 0 bridgehead atoms. The molecule has 0 aliphatic carbocycles. The van der Waals surface area contributed by atoms with Gasteiger partial charge in [-0.2, -0.15) is 0 Å². The number of carbonyl (C=O) groups is 1. The first-order valence-electron chi connectivity index (χ1n) is 9.18. The molecule has 1 amide bonds. The Morgan fingerprint density at radius 3 is 2.13 bits per heavy atom. The Bertz CT molecular complexity index is 1190. The third kappa shape index (κ3) is 5.72. The fourth-order valence-corrected chi connectivity index (χ4v) is 3.84. The van der Waals surface area contributed by atoms with Crippen LogP contribution in [0.4, 0.5) is 11.4 Å². The van der Waals surface area contributed by atoms with Crippen molar-refractivity contribution in [3.8, 4) is 0 Å². The lowest BCUT2D eigenvalue weighted by Gasteiger charge is -2.10. The van der Waals surface area contributed by atoms with E-state index in [-0.39, 0.29) is 10.8 Å². The summed E-state index contributed by atoms with van der Waals surface area (Å²) in [5.74, 6) is -0.325. The van der Waals surface area contributed by atoms with Crippen LogP contribution in [0.15, 0.2) is 77.7 Å². The van der Waals surface area contributed by atoms with Gasteiger partial charge in [0.25, 0.3) is 10.0 Å². The van der Waals surface area contributed by atoms with Crippen LogP contribution in [0.25, 0.3) is 6.08 Å². The van der Waals surface area contributed by atoms with Crippen molar-refractivity contribution in [2.45, 2.75) is 18.7 Å². The molecule has 0 saturated carbocycles. The van der Waals surface area contributed by atoms with Crippen LogP contribution in [-0.4, -0.2) is 14.3 Å². The predicted molar refractivity (Wildman–Crippen MR) is 122 cm³/mol. The summed E-state index contributed by atoms with van der Waals surface area (Å²) in [6.07, 6.45) is 3.06. The average Bonchev–Trinajstić information content (AvgIpc) is 2.70. The van der Waals surface area contributed by atoms with Gasteiger partial charge >= 0.3 is 0 Å². The largest absolute Gasteiger partial charge is 0.323 e. The second-order valence-corrected chi connectivity index (χ2v) is 8.92. The smallest absolute Gasteiger partial charge is 0.261 e. The zero-order valence-electron chi connectivity index (χ0n) is 16.5. The van der Waals surface area contributed by atoms with Crippen molar-refractivity contribution in [3.63, 3.8) is 0 Å². The third-order valence-corrected chi connectivity index (χ3v) is 6.14. The molecule has 3 aromatic rings. The third-order valence-electron chi connectivity index (χ3n) is 4.49. The summed E-state index contributed by atoms with van der Waals surface area (Å²) in [4.78, 5) is 12.2. The molecule has 0 atom stereocenters. The second-order valence-electron chi connectivity index (χ2n) is 6.80. The van der Waals surface area contributed by atoms with E-state index in [1.807, 2.05) is 19.9 Å². The van der Waals surface area contributed by atoms with Crippen LogP contribution < -0.4 is 10.0 Å². The highest BCUT2D eigenvalue weighted by Gasteiger charge is 2.14. The molecule has 154 valence electrons. The van der Waals surface area contributed by atoms with Gasteiger partial charge in [0.05, 0.1) is 4.90 Å². The molecule has 0 aliphatic heterocycles. The number of carbonyl (C=O) groups excluding carboxylic acids is 1. The summed E-state index contributed by atoms with van der Waals surface area (Å²) in [5.41, 5.74) is 3.92. The molecule has 0 heterocycles. The van der Waals surface area contributed by atoms with E-state index in [9.17, 15) is 13.2 Å². The monoisotopic (exact) mass is 440 g/mol. The van der Waals surface area contributed by atoms with Gasteiger partial charge in [-0.3, -0.25) is 9.52 Å². The number of nitrogens with one attached hydrogen (secondary N) is 2. The molecule has 0 unspecified atom stereocenters. The van der Waals surface area contributed by atoms with Crippen molar-refractivity contribution in [2.24, 2.45) is 0 Å². The van der Waals surface area contributed by atoms with Gasteiger partial charge in [0.2, 0.25) is 5.91 Å². The molecule has 0 radical (unpaired) electrons. The summed E-state index contributed by atoms with van der Waals surface area (Å²) >= 11 is 5.83. The van der Waals surface area contributed by atoms with Crippen molar-refractivity contribution in [2.75, 3.05) is 10.0 Å². The van der Waals surface area contributed by atoms with E-state index in [1.54, 1.807) is 54.6 Å². The summed E-state index contributed by atoms with van der Waals surface area (Å²) < 4.78 is 27.8. The lowest BCUT2D eigenvalue weighted by molar-refractivity contribution is -0.111. The van der Waals surface area contributed by atoms with Crippen LogP contribution in [0.2, 0.25) is 5.02 Å². The Kier molecular flexibility index (Phi) is 6.59. The van der Waals surface area contributed by atoms with Gasteiger partial charge in [0, 0.05) is 22.5 Å². The van der Waals surface area contributed by atoms with Gasteiger partial charge in [0.1, 0.15) is 0 Å². The first-order valence-corrected chi connectivity index (χ1v) is 11.0. The summed E-state index contributed by atoms with van der Waals surface area (Å²) in [6.45, 7) is 3.89. The molecule has 30 heavy (non-hydrogen) atoms. The zero-order valence-corrected chi connectivity index (χ0v) is 18.1. The van der Waals surface area contributed by atoms with Crippen LogP contribution in [0.1, 0.15) is 16.7 Å². The highest BCUT2D eigenvalue weighted by atomic mass is 35.5. The number of halogens is 1. The number of amides is 1. The van der Waals surface area contributed by atoms with Gasteiger partial charge in [-0.1, -0.05) is 29.8 Å². The molecule has 0 spiro atoms. The van der Waals surface area contributed by atoms with E-state index in [0.717, 1.165) is 16.7 Å². The van der Waals surface area contributed by atoms with E-state index >= 15 is 0 Å². The van der Waals surface area contributed by atoms with E-state index in [2.05, 4.69) is 10.0 Å². The second kappa shape index (κ2) is 9.15. The average molecular weight is 441 g/mol. The number of benzene rings is 3. The maximum atomic E-state index is 12.6. The predicted octanol–water partition coefficient (Wildman–Crippen LogP) is 5.41. The lowest BCUT2D eigenvalue weighted by atomic mass is 10.1. The van der Waals surface area contributed by atoms with Gasteiger partial charge in [-0.15, -0.1) is 0 Å². The molecule has 0 aromatic heterocycles. The molecule has 0 aliphatic rings. The quantitative estimate of drug-likeness (QED) is 0.503. The fraction of sp³-hybridized carbons (Fsp3) is 0.0870. The number of rotatable bonds is 6.